The molecule has 0 spiro atoms. The highest BCUT2D eigenvalue weighted by atomic mass is 32.1. The number of nitrogens with zero attached hydrogens (tertiary/aromatic N) is 1. The molecule has 0 atom stereocenters. The molecule has 0 radical (unpaired) electrons. The summed E-state index contributed by atoms with van der Waals surface area (Å²) in [7, 11) is 0. The van der Waals surface area contributed by atoms with Crippen molar-refractivity contribution in [1.82, 2.24) is 4.90 Å². The number of hydrogen-bond acceptors (Lipinski definition) is 2. The molecular weight excluding hydrogens is 316 g/mol. The van der Waals surface area contributed by atoms with E-state index >= 15 is 0 Å². The van der Waals surface area contributed by atoms with Crippen LogP contribution in [-0.2, 0) is 17.8 Å². The van der Waals surface area contributed by atoms with E-state index in [4.69, 9.17) is 0 Å². The molecule has 0 saturated heterocycles. The highest BCUT2D eigenvalue weighted by Gasteiger charge is 2.32. The Morgan fingerprint density at radius 3 is 2.74 bits per heavy atom. The molecular formula is C18H19F2NOS. The topological polar surface area (TPSA) is 20.3 Å². The molecule has 1 saturated carbocycles. The summed E-state index contributed by atoms with van der Waals surface area (Å²) in [5, 5.41) is 2.03. The van der Waals surface area contributed by atoms with Crippen molar-refractivity contribution in [3.63, 3.8) is 0 Å². The van der Waals surface area contributed by atoms with E-state index in [0.29, 0.717) is 12.0 Å². The Morgan fingerprint density at radius 1 is 1.26 bits per heavy atom. The van der Waals surface area contributed by atoms with E-state index in [2.05, 4.69) is 6.07 Å². The molecule has 0 bridgehead atoms. The highest BCUT2D eigenvalue weighted by molar-refractivity contribution is 7.09. The number of aryl methyl sites for hydroxylation is 1. The molecule has 122 valence electrons. The van der Waals surface area contributed by atoms with E-state index in [1.807, 2.05) is 11.4 Å². The molecule has 1 amide bonds. The average molecular weight is 335 g/mol. The third-order valence-corrected chi connectivity index (χ3v) is 4.99. The molecule has 23 heavy (non-hydrogen) atoms. The first-order chi connectivity index (χ1) is 11.1. The molecule has 1 aromatic heterocycles. The van der Waals surface area contributed by atoms with Gasteiger partial charge in [-0.05, 0) is 43.2 Å². The van der Waals surface area contributed by atoms with Crippen molar-refractivity contribution < 1.29 is 13.6 Å². The summed E-state index contributed by atoms with van der Waals surface area (Å²) in [6.07, 6.45) is 4.11. The summed E-state index contributed by atoms with van der Waals surface area (Å²) >= 11 is 1.70. The van der Waals surface area contributed by atoms with Crippen molar-refractivity contribution in [3.8, 4) is 0 Å². The maximum absolute atomic E-state index is 13.8. The second-order valence-corrected chi connectivity index (χ2v) is 6.95. The number of hydrogen-bond donors (Lipinski definition) is 0. The van der Waals surface area contributed by atoms with Crippen molar-refractivity contribution in [1.29, 1.82) is 0 Å². The molecule has 1 aliphatic rings. The SMILES string of the molecule is O=C(CCCc1cccs1)N(Cc1ccc(F)cc1F)C1CC1. The fraction of sp³-hybridized carbons (Fsp3) is 0.389. The highest BCUT2D eigenvalue weighted by Crippen LogP contribution is 2.30. The monoisotopic (exact) mass is 335 g/mol. The molecule has 5 heteroatoms. The van der Waals surface area contributed by atoms with Gasteiger partial charge in [0.05, 0.1) is 0 Å². The number of rotatable bonds is 7. The van der Waals surface area contributed by atoms with Crippen molar-refractivity contribution >= 4 is 17.2 Å². The predicted octanol–water partition coefficient (Wildman–Crippen LogP) is 4.54. The zero-order valence-corrected chi connectivity index (χ0v) is 13.6. The van der Waals surface area contributed by atoms with Gasteiger partial charge in [-0.1, -0.05) is 12.1 Å². The second kappa shape index (κ2) is 7.21. The van der Waals surface area contributed by atoms with Crippen LogP contribution in [0.5, 0.6) is 0 Å². The molecule has 1 aliphatic carbocycles. The summed E-state index contributed by atoms with van der Waals surface area (Å²) in [5.41, 5.74) is 0.380. The smallest absolute Gasteiger partial charge is 0.223 e. The van der Waals surface area contributed by atoms with Crippen LogP contribution in [0.2, 0.25) is 0 Å². The third kappa shape index (κ3) is 4.38. The van der Waals surface area contributed by atoms with Gasteiger partial charge in [-0.2, -0.15) is 0 Å². The van der Waals surface area contributed by atoms with Crippen LogP contribution in [-0.4, -0.2) is 16.8 Å². The molecule has 0 aliphatic heterocycles. The van der Waals surface area contributed by atoms with Gasteiger partial charge >= 0.3 is 0 Å². The Labute approximate surface area is 138 Å². The molecule has 3 rings (SSSR count). The number of carbonyl (C=O) groups excluding carboxylic acids is 1. The molecule has 1 aromatic carbocycles. The first kappa shape index (κ1) is 16.1. The average Bonchev–Trinajstić information content (AvgIpc) is 3.22. The lowest BCUT2D eigenvalue weighted by Crippen LogP contribution is -2.32. The van der Waals surface area contributed by atoms with Gasteiger partial charge in [0.15, 0.2) is 0 Å². The van der Waals surface area contributed by atoms with Gasteiger partial charge in [-0.25, -0.2) is 8.78 Å². The summed E-state index contributed by atoms with van der Waals surface area (Å²) in [5.74, 6) is -1.11. The van der Waals surface area contributed by atoms with E-state index in [1.54, 1.807) is 16.2 Å². The van der Waals surface area contributed by atoms with Crippen LogP contribution in [0.1, 0.15) is 36.1 Å². The van der Waals surface area contributed by atoms with Gasteiger partial charge in [0.2, 0.25) is 5.91 Å². The molecule has 1 heterocycles. The zero-order valence-electron chi connectivity index (χ0n) is 12.8. The maximum Gasteiger partial charge on any atom is 0.223 e. The van der Waals surface area contributed by atoms with Crippen LogP contribution in [0.3, 0.4) is 0 Å². The number of thiophene rings is 1. The van der Waals surface area contributed by atoms with E-state index in [9.17, 15) is 13.6 Å². The minimum atomic E-state index is -0.591. The molecule has 2 nitrogen and oxygen atoms in total. The van der Waals surface area contributed by atoms with Gasteiger partial charge in [0, 0.05) is 35.5 Å². The normalized spacial score (nSPS) is 14.0. The van der Waals surface area contributed by atoms with Gasteiger partial charge in [0.25, 0.3) is 0 Å². The van der Waals surface area contributed by atoms with Gasteiger partial charge in [-0.3, -0.25) is 4.79 Å². The third-order valence-electron chi connectivity index (χ3n) is 4.06. The fourth-order valence-corrected chi connectivity index (χ4v) is 3.40. The van der Waals surface area contributed by atoms with E-state index in [1.165, 1.54) is 17.0 Å². The Morgan fingerprint density at radius 2 is 2.09 bits per heavy atom. The fourth-order valence-electron chi connectivity index (χ4n) is 2.65. The van der Waals surface area contributed by atoms with Crippen LogP contribution >= 0.6 is 11.3 Å². The number of carbonyl (C=O) groups is 1. The van der Waals surface area contributed by atoms with Gasteiger partial charge in [0.1, 0.15) is 11.6 Å². The van der Waals surface area contributed by atoms with E-state index < -0.39 is 11.6 Å². The van der Waals surface area contributed by atoms with Crippen LogP contribution in [0.25, 0.3) is 0 Å². The van der Waals surface area contributed by atoms with Crippen molar-refractivity contribution in [3.05, 3.63) is 57.8 Å². The van der Waals surface area contributed by atoms with Crippen molar-refractivity contribution in [2.24, 2.45) is 0 Å². The maximum atomic E-state index is 13.8. The standard InChI is InChI=1S/C18H19F2NOS/c19-14-7-6-13(17(20)11-14)12-21(15-8-9-15)18(22)5-1-3-16-4-2-10-23-16/h2,4,6-7,10-11,15H,1,3,5,8-9,12H2. The van der Waals surface area contributed by atoms with E-state index in [0.717, 1.165) is 31.7 Å². The van der Waals surface area contributed by atoms with Crippen molar-refractivity contribution in [2.75, 3.05) is 0 Å². The Hall–Kier alpha value is -1.75. The predicted molar refractivity (Wildman–Crippen MR) is 87.2 cm³/mol. The van der Waals surface area contributed by atoms with E-state index in [-0.39, 0.29) is 18.5 Å². The largest absolute Gasteiger partial charge is 0.335 e. The number of halogens is 2. The summed E-state index contributed by atoms with van der Waals surface area (Å²) < 4.78 is 26.8. The Kier molecular flexibility index (Phi) is 5.06. The lowest BCUT2D eigenvalue weighted by molar-refractivity contribution is -0.132. The minimum Gasteiger partial charge on any atom is -0.335 e. The first-order valence-corrected chi connectivity index (χ1v) is 8.77. The minimum absolute atomic E-state index is 0.0628. The Balaban J connectivity index is 1.58. The quantitative estimate of drug-likeness (QED) is 0.727. The second-order valence-electron chi connectivity index (χ2n) is 5.92. The lowest BCUT2D eigenvalue weighted by atomic mass is 10.1. The summed E-state index contributed by atoms with van der Waals surface area (Å²) in [6.45, 7) is 0.231. The molecule has 1 fully saturated rings. The molecule has 0 N–H and O–H groups in total. The Bertz CT molecular complexity index is 668. The summed E-state index contributed by atoms with van der Waals surface area (Å²) in [6, 6.07) is 7.84. The van der Waals surface area contributed by atoms with Crippen LogP contribution in [0.15, 0.2) is 35.7 Å². The van der Waals surface area contributed by atoms with Crippen molar-refractivity contribution in [2.45, 2.75) is 44.7 Å². The van der Waals surface area contributed by atoms with Gasteiger partial charge < -0.3 is 4.90 Å². The number of amides is 1. The van der Waals surface area contributed by atoms with Crippen LogP contribution in [0.4, 0.5) is 8.78 Å². The van der Waals surface area contributed by atoms with Gasteiger partial charge in [-0.15, -0.1) is 11.3 Å². The molecule has 2 aromatic rings. The molecule has 0 unspecified atom stereocenters. The van der Waals surface area contributed by atoms with Crippen LogP contribution in [0, 0.1) is 11.6 Å². The lowest BCUT2D eigenvalue weighted by Gasteiger charge is -2.23. The summed E-state index contributed by atoms with van der Waals surface area (Å²) in [4.78, 5) is 15.5. The zero-order chi connectivity index (χ0) is 16.2. The first-order valence-electron chi connectivity index (χ1n) is 7.89. The number of benzene rings is 1. The van der Waals surface area contributed by atoms with Crippen LogP contribution < -0.4 is 0 Å².